The largest absolute Gasteiger partial charge is 0.467 e. The highest BCUT2D eigenvalue weighted by Crippen LogP contribution is 2.29. The molecule has 0 aromatic heterocycles. The number of benzene rings is 3. The van der Waals surface area contributed by atoms with Gasteiger partial charge in [-0.2, -0.15) is 11.8 Å². The summed E-state index contributed by atoms with van der Waals surface area (Å²) in [6.45, 7) is 0.777. The van der Waals surface area contributed by atoms with E-state index in [4.69, 9.17) is 23.7 Å². The summed E-state index contributed by atoms with van der Waals surface area (Å²) in [5, 5.41) is 11.4. The zero-order valence-electron chi connectivity index (χ0n) is 21.4. The second-order valence-electron chi connectivity index (χ2n) is 8.87. The van der Waals surface area contributed by atoms with Gasteiger partial charge in [0, 0.05) is 11.5 Å². The van der Waals surface area contributed by atoms with Gasteiger partial charge in [-0.3, -0.25) is 0 Å². The van der Waals surface area contributed by atoms with Crippen LogP contribution in [0.4, 0.5) is 0 Å². The smallest absolute Gasteiger partial charge is 0.337 e. The molecule has 1 saturated heterocycles. The van der Waals surface area contributed by atoms with Gasteiger partial charge in [-0.25, -0.2) is 4.79 Å². The van der Waals surface area contributed by atoms with Crippen LogP contribution >= 0.6 is 11.8 Å². The predicted octanol–water partition coefficient (Wildman–Crippen LogP) is 4.37. The average molecular weight is 539 g/mol. The van der Waals surface area contributed by atoms with Crippen LogP contribution < -0.4 is 0 Å². The molecule has 8 heteroatoms. The minimum absolute atomic E-state index is 0.187. The first-order valence-corrected chi connectivity index (χ1v) is 13.8. The van der Waals surface area contributed by atoms with Crippen molar-refractivity contribution in [2.24, 2.45) is 0 Å². The highest BCUT2D eigenvalue weighted by atomic mass is 32.2. The van der Waals surface area contributed by atoms with Crippen molar-refractivity contribution in [3.05, 3.63) is 108 Å². The van der Waals surface area contributed by atoms with Crippen LogP contribution in [0.1, 0.15) is 16.7 Å². The van der Waals surface area contributed by atoms with Gasteiger partial charge in [-0.1, -0.05) is 91.0 Å². The molecule has 0 spiro atoms. The maximum Gasteiger partial charge on any atom is 0.337 e. The highest BCUT2D eigenvalue weighted by Gasteiger charge is 2.50. The normalized spacial score (nSPS) is 23.2. The third kappa shape index (κ3) is 8.14. The quantitative estimate of drug-likeness (QED) is 0.254. The van der Waals surface area contributed by atoms with Gasteiger partial charge in [0.25, 0.3) is 0 Å². The Morgan fingerprint density at radius 2 is 1.32 bits per heavy atom. The Labute approximate surface area is 228 Å². The van der Waals surface area contributed by atoms with Crippen molar-refractivity contribution in [2.75, 3.05) is 19.5 Å². The predicted molar refractivity (Wildman–Crippen MR) is 145 cm³/mol. The second kappa shape index (κ2) is 15.0. The van der Waals surface area contributed by atoms with Gasteiger partial charge >= 0.3 is 5.97 Å². The molecule has 1 aliphatic rings. The Kier molecular flexibility index (Phi) is 11.2. The lowest BCUT2D eigenvalue weighted by atomic mass is 9.98. The molecule has 0 aliphatic carbocycles. The van der Waals surface area contributed by atoms with E-state index in [0.717, 1.165) is 16.9 Å². The number of ether oxygens (including phenoxy) is 5. The molecule has 38 heavy (non-hydrogen) atoms. The maximum absolute atomic E-state index is 12.7. The summed E-state index contributed by atoms with van der Waals surface area (Å²) in [6.07, 6.45) is -5.22. The number of carbonyl (C=O) groups excluding carboxylic acids is 1. The van der Waals surface area contributed by atoms with E-state index in [9.17, 15) is 9.90 Å². The first kappa shape index (κ1) is 28.3. The molecule has 2 unspecified atom stereocenters. The minimum Gasteiger partial charge on any atom is -0.467 e. The van der Waals surface area contributed by atoms with Gasteiger partial charge in [0.1, 0.15) is 18.3 Å². The summed E-state index contributed by atoms with van der Waals surface area (Å²) >= 11 is 1.72. The molecule has 4 rings (SSSR count). The number of thioether (sulfide) groups is 1. The lowest BCUT2D eigenvalue weighted by molar-refractivity contribution is -0.311. The fraction of sp³-hybridized carbons (Fsp3) is 0.367. The van der Waals surface area contributed by atoms with Gasteiger partial charge in [0.05, 0.1) is 26.9 Å². The fourth-order valence-electron chi connectivity index (χ4n) is 4.15. The monoisotopic (exact) mass is 538 g/mol. The Hall–Kier alpha value is -2.72. The summed E-state index contributed by atoms with van der Waals surface area (Å²) in [4.78, 5) is 12.7. The van der Waals surface area contributed by atoms with E-state index in [1.54, 1.807) is 11.8 Å². The van der Waals surface area contributed by atoms with E-state index in [1.165, 1.54) is 12.7 Å². The van der Waals surface area contributed by atoms with Gasteiger partial charge in [0.2, 0.25) is 0 Å². The van der Waals surface area contributed by atoms with Gasteiger partial charge in [-0.05, 0) is 16.7 Å². The fourth-order valence-corrected chi connectivity index (χ4v) is 4.94. The Morgan fingerprint density at radius 3 is 1.87 bits per heavy atom. The lowest BCUT2D eigenvalue weighted by Gasteiger charge is -2.42. The third-order valence-corrected chi connectivity index (χ3v) is 7.14. The maximum atomic E-state index is 12.7. The summed E-state index contributed by atoms with van der Waals surface area (Å²) in [5.74, 6) is 0.912. The van der Waals surface area contributed by atoms with Crippen LogP contribution in [-0.2, 0) is 47.4 Å². The van der Waals surface area contributed by atoms with E-state index in [-0.39, 0.29) is 13.2 Å². The topological polar surface area (TPSA) is 83.5 Å². The van der Waals surface area contributed by atoms with Crippen LogP contribution in [0.2, 0.25) is 0 Å². The SMILES string of the molecule is COC(=O)C1O[C@H](OCCSCc2ccccc2)C(OCc2ccccc2)[C@@H](O)[C@H]1OCc1ccccc1. The molecule has 1 aliphatic heterocycles. The summed E-state index contributed by atoms with van der Waals surface area (Å²) in [5.41, 5.74) is 3.07. The molecule has 5 atom stereocenters. The molecule has 1 fully saturated rings. The number of aliphatic hydroxyl groups is 1. The Bertz CT molecular complexity index is 1080. The van der Waals surface area contributed by atoms with Crippen molar-refractivity contribution in [3.8, 4) is 0 Å². The summed E-state index contributed by atoms with van der Waals surface area (Å²) < 4.78 is 29.2. The molecule has 7 nitrogen and oxygen atoms in total. The van der Waals surface area contributed by atoms with E-state index in [0.29, 0.717) is 12.4 Å². The van der Waals surface area contributed by atoms with E-state index in [1.807, 2.05) is 78.9 Å². The van der Waals surface area contributed by atoms with E-state index in [2.05, 4.69) is 12.1 Å². The van der Waals surface area contributed by atoms with Crippen LogP contribution in [-0.4, -0.2) is 61.3 Å². The Balaban J connectivity index is 1.43. The number of rotatable bonds is 13. The molecule has 202 valence electrons. The molecule has 0 bridgehead atoms. The standard InChI is InChI=1S/C30H34O7S/c1-33-29(32)28-26(35-19-22-11-5-2-6-12-22)25(31)27(36-20-23-13-7-3-8-14-23)30(37-28)34-17-18-38-21-24-15-9-4-10-16-24/h2-16,25-28,30-31H,17-21H2,1H3/t25-,26+,27?,28?,30-/m0/s1. The zero-order valence-corrected chi connectivity index (χ0v) is 22.2. The van der Waals surface area contributed by atoms with Crippen molar-refractivity contribution in [2.45, 2.75) is 49.7 Å². The van der Waals surface area contributed by atoms with Crippen molar-refractivity contribution < 1.29 is 33.6 Å². The van der Waals surface area contributed by atoms with E-state index < -0.39 is 36.7 Å². The minimum atomic E-state index is -1.19. The zero-order chi connectivity index (χ0) is 26.6. The van der Waals surface area contributed by atoms with Gasteiger partial charge in [-0.15, -0.1) is 0 Å². The number of esters is 1. The van der Waals surface area contributed by atoms with Crippen LogP contribution in [0.25, 0.3) is 0 Å². The number of carbonyl (C=O) groups is 1. The molecule has 1 N–H and O–H groups in total. The molecule has 0 saturated carbocycles. The van der Waals surface area contributed by atoms with Gasteiger partial charge < -0.3 is 28.8 Å². The number of aliphatic hydroxyl groups excluding tert-OH is 1. The number of hydrogen-bond donors (Lipinski definition) is 1. The van der Waals surface area contributed by atoms with Crippen LogP contribution in [0.15, 0.2) is 91.0 Å². The molecule has 3 aromatic carbocycles. The van der Waals surface area contributed by atoms with Gasteiger partial charge in [0.15, 0.2) is 12.4 Å². The summed E-state index contributed by atoms with van der Waals surface area (Å²) in [7, 11) is 1.28. The first-order valence-electron chi connectivity index (χ1n) is 12.6. The number of hydrogen-bond acceptors (Lipinski definition) is 8. The van der Waals surface area contributed by atoms with E-state index >= 15 is 0 Å². The summed E-state index contributed by atoms with van der Waals surface area (Å²) in [6, 6.07) is 29.4. The molecule has 3 aromatic rings. The van der Waals surface area contributed by atoms with Crippen molar-refractivity contribution in [3.63, 3.8) is 0 Å². The van der Waals surface area contributed by atoms with Crippen LogP contribution in [0.3, 0.4) is 0 Å². The third-order valence-electron chi connectivity index (χ3n) is 6.15. The molecular weight excluding hydrogens is 504 g/mol. The first-order chi connectivity index (χ1) is 18.7. The second-order valence-corrected chi connectivity index (χ2v) is 9.98. The van der Waals surface area contributed by atoms with Crippen LogP contribution in [0, 0.1) is 0 Å². The van der Waals surface area contributed by atoms with Crippen molar-refractivity contribution in [1.29, 1.82) is 0 Å². The number of methoxy groups -OCH3 is 1. The highest BCUT2D eigenvalue weighted by molar-refractivity contribution is 7.98. The van der Waals surface area contributed by atoms with Crippen LogP contribution in [0.5, 0.6) is 0 Å². The molecular formula is C30H34O7S. The molecule has 0 radical (unpaired) electrons. The Morgan fingerprint density at radius 1 is 0.789 bits per heavy atom. The lowest BCUT2D eigenvalue weighted by Crippen LogP contribution is -2.62. The molecule has 0 amide bonds. The van der Waals surface area contributed by atoms with Crippen molar-refractivity contribution >= 4 is 17.7 Å². The van der Waals surface area contributed by atoms with Crippen molar-refractivity contribution in [1.82, 2.24) is 0 Å². The average Bonchev–Trinajstić information content (AvgIpc) is 2.97. The molecule has 1 heterocycles.